The van der Waals surface area contributed by atoms with Gasteiger partial charge in [0.2, 0.25) is 0 Å². The van der Waals surface area contributed by atoms with E-state index in [1.54, 1.807) is 0 Å². The summed E-state index contributed by atoms with van der Waals surface area (Å²) < 4.78 is 0. The van der Waals surface area contributed by atoms with Gasteiger partial charge in [0.25, 0.3) is 0 Å². The summed E-state index contributed by atoms with van der Waals surface area (Å²) in [6, 6.07) is 5.89. The molecule has 0 aliphatic carbocycles. The molecule has 1 nitrogen and oxygen atoms in total. The molecular weight excluding hydrogens is 278 g/mol. The molecular formula is C19H24ClN. The van der Waals surface area contributed by atoms with E-state index in [1.165, 1.54) is 33.4 Å². The number of benzene rings is 2. The Labute approximate surface area is 133 Å². The van der Waals surface area contributed by atoms with Gasteiger partial charge in [-0.25, -0.2) is 0 Å². The summed E-state index contributed by atoms with van der Waals surface area (Å²) in [6.07, 6.45) is 0. The van der Waals surface area contributed by atoms with Crippen LogP contribution in [0.5, 0.6) is 0 Å². The van der Waals surface area contributed by atoms with Crippen molar-refractivity contribution in [3.63, 3.8) is 0 Å². The number of halogens is 1. The van der Waals surface area contributed by atoms with Crippen molar-refractivity contribution in [2.45, 2.75) is 47.6 Å². The fraction of sp³-hybridized carbons (Fsp3) is 0.368. The van der Waals surface area contributed by atoms with E-state index < -0.39 is 0 Å². The van der Waals surface area contributed by atoms with Crippen LogP contribution in [0.2, 0.25) is 5.02 Å². The maximum absolute atomic E-state index is 6.59. The molecule has 0 bridgehead atoms. The van der Waals surface area contributed by atoms with Crippen molar-refractivity contribution < 1.29 is 0 Å². The van der Waals surface area contributed by atoms with Crippen LogP contribution in [0.4, 0.5) is 0 Å². The molecule has 0 aromatic heterocycles. The third-order valence-electron chi connectivity index (χ3n) is 4.93. The normalized spacial score (nSPS) is 12.6. The van der Waals surface area contributed by atoms with Crippen molar-refractivity contribution in [2.75, 3.05) is 0 Å². The first kappa shape index (κ1) is 16.1. The molecule has 0 saturated carbocycles. The third kappa shape index (κ3) is 2.61. The van der Waals surface area contributed by atoms with E-state index >= 15 is 0 Å². The van der Waals surface area contributed by atoms with Gasteiger partial charge >= 0.3 is 0 Å². The fourth-order valence-electron chi connectivity index (χ4n) is 3.06. The van der Waals surface area contributed by atoms with E-state index in [0.29, 0.717) is 0 Å². The largest absolute Gasteiger partial charge is 0.320 e. The van der Waals surface area contributed by atoms with Gasteiger partial charge < -0.3 is 5.73 Å². The van der Waals surface area contributed by atoms with Crippen LogP contribution >= 0.6 is 11.6 Å². The minimum absolute atomic E-state index is 0.185. The van der Waals surface area contributed by atoms with Crippen LogP contribution in [0, 0.1) is 41.5 Å². The summed E-state index contributed by atoms with van der Waals surface area (Å²) in [4.78, 5) is 0. The van der Waals surface area contributed by atoms with Gasteiger partial charge in [0.1, 0.15) is 0 Å². The van der Waals surface area contributed by atoms with Gasteiger partial charge in [-0.05, 0) is 86.1 Å². The molecule has 2 rings (SSSR count). The Morgan fingerprint density at radius 3 is 1.81 bits per heavy atom. The van der Waals surface area contributed by atoms with Gasteiger partial charge in [-0.3, -0.25) is 0 Å². The van der Waals surface area contributed by atoms with Crippen molar-refractivity contribution >= 4 is 11.6 Å². The Morgan fingerprint density at radius 2 is 1.29 bits per heavy atom. The lowest BCUT2D eigenvalue weighted by Crippen LogP contribution is -2.17. The molecule has 0 spiro atoms. The standard InChI is InChI=1S/C19H24ClN/c1-10-8-7-9-16(18(10)20)19(21)17-14(5)12(3)11(2)13(4)15(17)6/h7-9,19H,21H2,1-6H3. The first-order valence-electron chi connectivity index (χ1n) is 7.34. The summed E-state index contributed by atoms with van der Waals surface area (Å²) in [5.41, 5.74) is 16.4. The highest BCUT2D eigenvalue weighted by atomic mass is 35.5. The summed E-state index contributed by atoms with van der Waals surface area (Å²) in [7, 11) is 0. The van der Waals surface area contributed by atoms with Crippen molar-refractivity contribution in [3.05, 3.63) is 67.7 Å². The van der Waals surface area contributed by atoms with Crippen LogP contribution in [-0.2, 0) is 0 Å². The molecule has 112 valence electrons. The van der Waals surface area contributed by atoms with E-state index in [0.717, 1.165) is 16.1 Å². The van der Waals surface area contributed by atoms with Gasteiger partial charge in [-0.1, -0.05) is 29.8 Å². The van der Waals surface area contributed by atoms with Gasteiger partial charge in [0.15, 0.2) is 0 Å². The van der Waals surface area contributed by atoms with Crippen molar-refractivity contribution in [1.82, 2.24) is 0 Å². The maximum atomic E-state index is 6.59. The molecule has 2 heteroatoms. The molecule has 0 heterocycles. The zero-order chi connectivity index (χ0) is 15.9. The average Bonchev–Trinajstić information content (AvgIpc) is 2.46. The molecule has 2 aromatic rings. The third-order valence-corrected chi connectivity index (χ3v) is 5.44. The Hall–Kier alpha value is -1.31. The molecule has 0 aliphatic heterocycles. The first-order valence-corrected chi connectivity index (χ1v) is 7.72. The molecule has 0 saturated heterocycles. The monoisotopic (exact) mass is 301 g/mol. The lowest BCUT2D eigenvalue weighted by atomic mass is 9.84. The number of aryl methyl sites for hydroxylation is 1. The van der Waals surface area contributed by atoms with E-state index in [-0.39, 0.29) is 6.04 Å². The van der Waals surface area contributed by atoms with Gasteiger partial charge in [-0.2, -0.15) is 0 Å². The van der Waals surface area contributed by atoms with E-state index in [4.69, 9.17) is 17.3 Å². The van der Waals surface area contributed by atoms with Gasteiger partial charge in [0, 0.05) is 5.02 Å². The number of hydrogen-bond acceptors (Lipinski definition) is 1. The van der Waals surface area contributed by atoms with E-state index in [9.17, 15) is 0 Å². The number of nitrogens with two attached hydrogens (primary N) is 1. The summed E-state index contributed by atoms with van der Waals surface area (Å²) in [5.74, 6) is 0. The quantitative estimate of drug-likeness (QED) is 0.806. The lowest BCUT2D eigenvalue weighted by Gasteiger charge is -2.24. The predicted octanol–water partition coefficient (Wildman–Crippen LogP) is 5.24. The second-order valence-corrected chi connectivity index (χ2v) is 6.37. The predicted molar refractivity (Wildman–Crippen MR) is 92.3 cm³/mol. The van der Waals surface area contributed by atoms with Crippen LogP contribution in [0.25, 0.3) is 0 Å². The molecule has 21 heavy (non-hydrogen) atoms. The molecule has 0 amide bonds. The highest BCUT2D eigenvalue weighted by Gasteiger charge is 2.21. The topological polar surface area (TPSA) is 26.0 Å². The van der Waals surface area contributed by atoms with Crippen molar-refractivity contribution in [3.8, 4) is 0 Å². The van der Waals surface area contributed by atoms with Crippen LogP contribution in [0.3, 0.4) is 0 Å². The van der Waals surface area contributed by atoms with Gasteiger partial charge in [0.05, 0.1) is 6.04 Å². The second kappa shape index (κ2) is 5.82. The Balaban J connectivity index is 2.70. The highest BCUT2D eigenvalue weighted by Crippen LogP contribution is 2.35. The molecule has 0 aliphatic rings. The number of hydrogen-bond donors (Lipinski definition) is 1. The first-order chi connectivity index (χ1) is 9.77. The Morgan fingerprint density at radius 1 is 0.810 bits per heavy atom. The lowest BCUT2D eigenvalue weighted by molar-refractivity contribution is 0.842. The molecule has 1 unspecified atom stereocenters. The van der Waals surface area contributed by atoms with Crippen LogP contribution in [0.15, 0.2) is 18.2 Å². The smallest absolute Gasteiger partial charge is 0.0571 e. The van der Waals surface area contributed by atoms with Crippen LogP contribution in [0.1, 0.15) is 50.5 Å². The maximum Gasteiger partial charge on any atom is 0.0571 e. The van der Waals surface area contributed by atoms with Crippen molar-refractivity contribution in [2.24, 2.45) is 5.73 Å². The number of rotatable bonds is 2. The fourth-order valence-corrected chi connectivity index (χ4v) is 3.30. The second-order valence-electron chi connectivity index (χ2n) is 5.99. The van der Waals surface area contributed by atoms with Crippen molar-refractivity contribution in [1.29, 1.82) is 0 Å². The van der Waals surface area contributed by atoms with E-state index in [2.05, 4.69) is 34.6 Å². The molecule has 2 N–H and O–H groups in total. The summed E-state index contributed by atoms with van der Waals surface area (Å²) >= 11 is 6.47. The van der Waals surface area contributed by atoms with E-state index in [1.807, 2.05) is 25.1 Å². The molecule has 0 radical (unpaired) electrons. The zero-order valence-electron chi connectivity index (χ0n) is 13.8. The molecule has 0 fully saturated rings. The minimum atomic E-state index is -0.185. The summed E-state index contributed by atoms with van der Waals surface area (Å²) in [5, 5.41) is 0.777. The molecule has 2 aromatic carbocycles. The highest BCUT2D eigenvalue weighted by molar-refractivity contribution is 6.32. The Kier molecular flexibility index (Phi) is 4.46. The van der Waals surface area contributed by atoms with Crippen LogP contribution < -0.4 is 5.73 Å². The SMILES string of the molecule is Cc1cccc(C(N)c2c(C)c(C)c(C)c(C)c2C)c1Cl. The minimum Gasteiger partial charge on any atom is -0.320 e. The average molecular weight is 302 g/mol. The summed E-state index contributed by atoms with van der Waals surface area (Å²) in [6.45, 7) is 12.9. The zero-order valence-corrected chi connectivity index (χ0v) is 14.5. The Bertz CT molecular complexity index is 672. The van der Waals surface area contributed by atoms with Gasteiger partial charge in [-0.15, -0.1) is 0 Å². The molecule has 1 atom stereocenters. The van der Waals surface area contributed by atoms with Crippen LogP contribution in [-0.4, -0.2) is 0 Å².